The lowest BCUT2D eigenvalue weighted by Crippen LogP contribution is -2.53. The fraction of sp³-hybridized carbons (Fsp3) is 0.556. The normalized spacial score (nSPS) is 16.6. The van der Waals surface area contributed by atoms with Crippen LogP contribution in [0.25, 0.3) is 0 Å². The maximum absolute atomic E-state index is 12.4. The average Bonchev–Trinajstić information content (AvgIpc) is 2.60. The first-order valence-electron chi connectivity index (χ1n) is 8.34. The molecule has 0 heterocycles. The van der Waals surface area contributed by atoms with Gasteiger partial charge >= 0.3 is 5.97 Å². The third kappa shape index (κ3) is 4.32. The molecule has 0 bridgehead atoms. The standard InChI is InChI=1S/C18H26N2O3/c1-3-23-17(22)18(10-5-4-6-11-18)20-13-14-8-7-9-15(12-14)16(21)19-2/h7-9,12,20H,3-6,10-11,13H2,1-2H3,(H,19,21). The highest BCUT2D eigenvalue weighted by Gasteiger charge is 2.40. The number of nitrogens with one attached hydrogen (secondary N) is 2. The van der Waals surface area contributed by atoms with Gasteiger partial charge in [0.2, 0.25) is 0 Å². The molecule has 2 N–H and O–H groups in total. The van der Waals surface area contributed by atoms with Crippen LogP contribution in [0.1, 0.15) is 54.9 Å². The summed E-state index contributed by atoms with van der Waals surface area (Å²) in [6.45, 7) is 2.78. The Labute approximate surface area is 137 Å². The van der Waals surface area contributed by atoms with Gasteiger partial charge in [0.05, 0.1) is 6.61 Å². The molecule has 5 nitrogen and oxygen atoms in total. The number of hydrogen-bond acceptors (Lipinski definition) is 4. The maximum atomic E-state index is 12.4. The van der Waals surface area contributed by atoms with Crippen molar-refractivity contribution in [3.8, 4) is 0 Å². The Hall–Kier alpha value is -1.88. The van der Waals surface area contributed by atoms with E-state index in [0.29, 0.717) is 18.7 Å². The number of amides is 1. The zero-order chi connectivity index (χ0) is 16.7. The Kier molecular flexibility index (Phi) is 6.16. The van der Waals surface area contributed by atoms with Gasteiger partial charge in [0.25, 0.3) is 5.91 Å². The Morgan fingerprint density at radius 2 is 1.96 bits per heavy atom. The largest absolute Gasteiger partial charge is 0.465 e. The molecular weight excluding hydrogens is 292 g/mol. The van der Waals surface area contributed by atoms with E-state index in [-0.39, 0.29) is 11.9 Å². The molecule has 1 aromatic carbocycles. The van der Waals surface area contributed by atoms with Gasteiger partial charge in [-0.15, -0.1) is 0 Å². The van der Waals surface area contributed by atoms with E-state index in [4.69, 9.17) is 4.74 Å². The molecule has 0 radical (unpaired) electrons. The molecule has 1 aliphatic rings. The fourth-order valence-electron chi connectivity index (χ4n) is 3.12. The number of carbonyl (C=O) groups excluding carboxylic acids is 2. The van der Waals surface area contributed by atoms with Crippen molar-refractivity contribution in [2.24, 2.45) is 0 Å². The molecule has 0 spiro atoms. The molecule has 1 aliphatic carbocycles. The molecule has 0 unspecified atom stereocenters. The van der Waals surface area contributed by atoms with Crippen LogP contribution in [0.4, 0.5) is 0 Å². The average molecular weight is 318 g/mol. The summed E-state index contributed by atoms with van der Waals surface area (Å²) in [7, 11) is 1.62. The van der Waals surface area contributed by atoms with Crippen LogP contribution in [-0.4, -0.2) is 31.1 Å². The monoisotopic (exact) mass is 318 g/mol. The van der Waals surface area contributed by atoms with E-state index in [9.17, 15) is 9.59 Å². The van der Waals surface area contributed by atoms with Crippen molar-refractivity contribution in [2.45, 2.75) is 51.1 Å². The first-order chi connectivity index (χ1) is 11.1. The Bertz CT molecular complexity index is 551. The first-order valence-corrected chi connectivity index (χ1v) is 8.34. The molecule has 1 aromatic rings. The van der Waals surface area contributed by atoms with Crippen LogP contribution < -0.4 is 10.6 Å². The van der Waals surface area contributed by atoms with Crippen molar-refractivity contribution >= 4 is 11.9 Å². The predicted molar refractivity (Wildman–Crippen MR) is 89.1 cm³/mol. The predicted octanol–water partition coefficient (Wildman–Crippen LogP) is 2.40. The van der Waals surface area contributed by atoms with Gasteiger partial charge in [0.1, 0.15) is 5.54 Å². The SMILES string of the molecule is CCOC(=O)C1(NCc2cccc(C(=O)NC)c2)CCCCC1. The first kappa shape index (κ1) is 17.5. The molecule has 2 rings (SSSR count). The third-order valence-corrected chi connectivity index (χ3v) is 4.42. The summed E-state index contributed by atoms with van der Waals surface area (Å²) in [4.78, 5) is 24.1. The highest BCUT2D eigenvalue weighted by Crippen LogP contribution is 2.30. The van der Waals surface area contributed by atoms with E-state index in [1.54, 1.807) is 13.1 Å². The molecule has 126 valence electrons. The van der Waals surface area contributed by atoms with Crippen LogP contribution in [-0.2, 0) is 16.1 Å². The molecule has 23 heavy (non-hydrogen) atoms. The quantitative estimate of drug-likeness (QED) is 0.790. The highest BCUT2D eigenvalue weighted by molar-refractivity contribution is 5.94. The van der Waals surface area contributed by atoms with E-state index in [1.165, 1.54) is 0 Å². The zero-order valence-corrected chi connectivity index (χ0v) is 14.0. The molecule has 0 saturated heterocycles. The van der Waals surface area contributed by atoms with Crippen LogP contribution in [0.15, 0.2) is 24.3 Å². The molecule has 1 saturated carbocycles. The van der Waals surface area contributed by atoms with Gasteiger partial charge < -0.3 is 10.1 Å². The van der Waals surface area contributed by atoms with Gasteiger partial charge in [-0.3, -0.25) is 14.9 Å². The Morgan fingerprint density at radius 1 is 1.22 bits per heavy atom. The minimum absolute atomic E-state index is 0.107. The summed E-state index contributed by atoms with van der Waals surface area (Å²) >= 11 is 0. The molecule has 5 heteroatoms. The smallest absolute Gasteiger partial charge is 0.326 e. The van der Waals surface area contributed by atoms with Crippen LogP contribution >= 0.6 is 0 Å². The lowest BCUT2D eigenvalue weighted by atomic mass is 9.81. The molecular formula is C18H26N2O3. The summed E-state index contributed by atoms with van der Waals surface area (Å²) in [5, 5.41) is 6.04. The molecule has 0 aliphatic heterocycles. The number of carbonyl (C=O) groups is 2. The van der Waals surface area contributed by atoms with Gasteiger partial charge in [0.15, 0.2) is 0 Å². The van der Waals surface area contributed by atoms with Gasteiger partial charge in [-0.2, -0.15) is 0 Å². The van der Waals surface area contributed by atoms with Gasteiger partial charge in [-0.25, -0.2) is 0 Å². The highest BCUT2D eigenvalue weighted by atomic mass is 16.5. The topological polar surface area (TPSA) is 67.4 Å². The van der Waals surface area contributed by atoms with Crippen molar-refractivity contribution in [2.75, 3.05) is 13.7 Å². The van der Waals surface area contributed by atoms with E-state index >= 15 is 0 Å². The summed E-state index contributed by atoms with van der Waals surface area (Å²) in [5.41, 5.74) is 1.03. The zero-order valence-electron chi connectivity index (χ0n) is 14.0. The Morgan fingerprint density at radius 3 is 2.61 bits per heavy atom. The van der Waals surface area contributed by atoms with Crippen LogP contribution in [0.3, 0.4) is 0 Å². The number of ether oxygens (including phenoxy) is 1. The van der Waals surface area contributed by atoms with Gasteiger partial charge in [-0.1, -0.05) is 31.4 Å². The van der Waals surface area contributed by atoms with Crippen LogP contribution in [0.2, 0.25) is 0 Å². The van der Waals surface area contributed by atoms with Crippen LogP contribution in [0, 0.1) is 0 Å². The molecule has 1 fully saturated rings. The number of esters is 1. The van der Waals surface area contributed by atoms with Crippen molar-refractivity contribution < 1.29 is 14.3 Å². The van der Waals surface area contributed by atoms with Gasteiger partial charge in [-0.05, 0) is 37.5 Å². The lowest BCUT2D eigenvalue weighted by molar-refractivity contribution is -0.153. The lowest BCUT2D eigenvalue weighted by Gasteiger charge is -2.35. The molecule has 0 atom stereocenters. The summed E-state index contributed by atoms with van der Waals surface area (Å²) < 4.78 is 5.29. The second kappa shape index (κ2) is 8.11. The third-order valence-electron chi connectivity index (χ3n) is 4.42. The number of benzene rings is 1. The molecule has 0 aromatic heterocycles. The fourth-order valence-corrected chi connectivity index (χ4v) is 3.12. The number of hydrogen-bond donors (Lipinski definition) is 2. The molecule has 1 amide bonds. The van der Waals surface area contributed by atoms with Crippen molar-refractivity contribution in [3.05, 3.63) is 35.4 Å². The second-order valence-electron chi connectivity index (χ2n) is 6.00. The number of rotatable bonds is 6. The maximum Gasteiger partial charge on any atom is 0.326 e. The second-order valence-corrected chi connectivity index (χ2v) is 6.00. The van der Waals surface area contributed by atoms with E-state index in [0.717, 1.165) is 37.7 Å². The van der Waals surface area contributed by atoms with Crippen LogP contribution in [0.5, 0.6) is 0 Å². The minimum Gasteiger partial charge on any atom is -0.465 e. The Balaban J connectivity index is 2.09. The summed E-state index contributed by atoms with van der Waals surface area (Å²) in [6, 6.07) is 7.46. The van der Waals surface area contributed by atoms with Crippen molar-refractivity contribution in [3.63, 3.8) is 0 Å². The van der Waals surface area contributed by atoms with Crippen molar-refractivity contribution in [1.82, 2.24) is 10.6 Å². The summed E-state index contributed by atoms with van der Waals surface area (Å²) in [5.74, 6) is -0.258. The summed E-state index contributed by atoms with van der Waals surface area (Å²) in [6.07, 6.45) is 4.84. The van der Waals surface area contributed by atoms with E-state index in [1.807, 2.05) is 25.1 Å². The van der Waals surface area contributed by atoms with E-state index in [2.05, 4.69) is 10.6 Å². The minimum atomic E-state index is -0.586. The van der Waals surface area contributed by atoms with Gasteiger partial charge in [0, 0.05) is 19.2 Å². The van der Waals surface area contributed by atoms with Crippen molar-refractivity contribution in [1.29, 1.82) is 0 Å². The van der Waals surface area contributed by atoms with E-state index < -0.39 is 5.54 Å².